The molecule has 1 saturated heterocycles. The van der Waals surface area contributed by atoms with Gasteiger partial charge in [-0.25, -0.2) is 0 Å². The van der Waals surface area contributed by atoms with Crippen LogP contribution in [-0.4, -0.2) is 22.2 Å². The highest BCUT2D eigenvalue weighted by molar-refractivity contribution is 7.07. The molecule has 1 fully saturated rings. The van der Waals surface area contributed by atoms with Gasteiger partial charge in [0.25, 0.3) is 0 Å². The molecule has 2 N–H and O–H groups in total. The molecule has 1 aliphatic heterocycles. The van der Waals surface area contributed by atoms with Crippen molar-refractivity contribution in [2.75, 3.05) is 0 Å². The second-order valence-electron chi connectivity index (χ2n) is 5.78. The number of ether oxygens (including phenoxy) is 1. The molecule has 0 spiro atoms. The first-order chi connectivity index (χ1) is 7.78. The van der Waals surface area contributed by atoms with Crippen molar-refractivity contribution in [2.24, 2.45) is 0 Å². The summed E-state index contributed by atoms with van der Waals surface area (Å²) >= 11 is 1.20. The fourth-order valence-corrected chi connectivity index (χ4v) is 3.10. The average Bonchev–Trinajstić information content (AvgIpc) is 2.64. The molecular formula is C12H20N2O2S. The van der Waals surface area contributed by atoms with Gasteiger partial charge in [-0.1, -0.05) is 11.3 Å². The van der Waals surface area contributed by atoms with Crippen LogP contribution >= 0.6 is 11.3 Å². The number of nitrogens with one attached hydrogen (secondary N) is 2. The van der Waals surface area contributed by atoms with E-state index in [0.29, 0.717) is 12.6 Å². The van der Waals surface area contributed by atoms with E-state index in [2.05, 4.69) is 38.0 Å². The molecule has 1 unspecified atom stereocenters. The topological polar surface area (TPSA) is 54.1 Å². The summed E-state index contributed by atoms with van der Waals surface area (Å²) in [7, 11) is 0. The van der Waals surface area contributed by atoms with Crippen LogP contribution in [0.1, 0.15) is 39.8 Å². The Balaban J connectivity index is 1.98. The Morgan fingerprint density at radius 2 is 2.24 bits per heavy atom. The van der Waals surface area contributed by atoms with E-state index in [1.165, 1.54) is 11.3 Å². The minimum Gasteiger partial charge on any atom is -0.368 e. The van der Waals surface area contributed by atoms with Gasteiger partial charge in [0.1, 0.15) is 0 Å². The number of hydrogen-bond acceptors (Lipinski definition) is 4. The zero-order valence-electron chi connectivity index (χ0n) is 10.8. The number of rotatable bonds is 3. The van der Waals surface area contributed by atoms with Gasteiger partial charge in [0.2, 0.25) is 0 Å². The summed E-state index contributed by atoms with van der Waals surface area (Å²) in [5.41, 5.74) is 0.698. The summed E-state index contributed by atoms with van der Waals surface area (Å²) in [6, 6.07) is 0.306. The molecule has 4 nitrogen and oxygen atoms in total. The number of H-pyrrole nitrogens is 1. The van der Waals surface area contributed by atoms with Crippen molar-refractivity contribution in [3.63, 3.8) is 0 Å². The lowest BCUT2D eigenvalue weighted by Crippen LogP contribution is -2.43. The quantitative estimate of drug-likeness (QED) is 0.868. The first kappa shape index (κ1) is 12.8. The second kappa shape index (κ2) is 4.23. The lowest BCUT2D eigenvalue weighted by molar-refractivity contribution is -0.0699. The highest BCUT2D eigenvalue weighted by atomic mass is 32.1. The Morgan fingerprint density at radius 1 is 1.53 bits per heavy atom. The zero-order chi connectivity index (χ0) is 12.7. The van der Waals surface area contributed by atoms with Crippen LogP contribution in [0.25, 0.3) is 0 Å². The SMILES string of the molecule is CC1(C)CC(NCc2csc(=O)[nH]2)C(C)(C)O1. The molecule has 0 radical (unpaired) electrons. The smallest absolute Gasteiger partial charge is 0.304 e. The van der Waals surface area contributed by atoms with E-state index in [-0.39, 0.29) is 16.1 Å². The van der Waals surface area contributed by atoms with Crippen LogP contribution in [0.5, 0.6) is 0 Å². The monoisotopic (exact) mass is 256 g/mol. The molecule has 1 aromatic heterocycles. The third-order valence-electron chi connectivity index (χ3n) is 3.18. The Morgan fingerprint density at radius 3 is 2.71 bits per heavy atom. The molecule has 96 valence electrons. The normalized spacial score (nSPS) is 26.2. The minimum atomic E-state index is -0.167. The van der Waals surface area contributed by atoms with Gasteiger partial charge >= 0.3 is 4.87 Å². The van der Waals surface area contributed by atoms with Crippen LogP contribution in [0.15, 0.2) is 10.2 Å². The predicted octanol–water partition coefficient (Wildman–Crippen LogP) is 1.87. The third-order valence-corrected chi connectivity index (χ3v) is 3.90. The van der Waals surface area contributed by atoms with E-state index in [0.717, 1.165) is 12.1 Å². The average molecular weight is 256 g/mol. The van der Waals surface area contributed by atoms with E-state index in [4.69, 9.17) is 4.74 Å². The molecule has 0 aliphatic carbocycles. The molecule has 0 saturated carbocycles. The molecule has 0 bridgehead atoms. The highest BCUT2D eigenvalue weighted by Crippen LogP contribution is 2.37. The molecule has 0 aromatic carbocycles. The Kier molecular flexibility index (Phi) is 3.18. The summed E-state index contributed by atoms with van der Waals surface area (Å²) in [4.78, 5) is 13.8. The molecule has 17 heavy (non-hydrogen) atoms. The van der Waals surface area contributed by atoms with Crippen molar-refractivity contribution in [3.05, 3.63) is 20.7 Å². The summed E-state index contributed by atoms with van der Waals surface area (Å²) in [6.07, 6.45) is 0.981. The van der Waals surface area contributed by atoms with Crippen LogP contribution in [0.4, 0.5) is 0 Å². The maximum Gasteiger partial charge on any atom is 0.304 e. The lowest BCUT2D eigenvalue weighted by atomic mass is 9.94. The first-order valence-corrected chi connectivity index (χ1v) is 6.77. The molecule has 1 aromatic rings. The van der Waals surface area contributed by atoms with Gasteiger partial charge in [-0.3, -0.25) is 4.79 Å². The van der Waals surface area contributed by atoms with Crippen LogP contribution in [-0.2, 0) is 11.3 Å². The number of aromatic amines is 1. The maximum absolute atomic E-state index is 11.0. The van der Waals surface area contributed by atoms with Gasteiger partial charge < -0.3 is 15.0 Å². The van der Waals surface area contributed by atoms with Crippen LogP contribution in [0.2, 0.25) is 0 Å². The second-order valence-corrected chi connectivity index (χ2v) is 6.62. The predicted molar refractivity (Wildman–Crippen MR) is 69.4 cm³/mol. The van der Waals surface area contributed by atoms with E-state index in [1.54, 1.807) is 0 Å². The van der Waals surface area contributed by atoms with Gasteiger partial charge in [-0.15, -0.1) is 0 Å². The highest BCUT2D eigenvalue weighted by Gasteiger charge is 2.45. The molecule has 2 heterocycles. The molecule has 1 atom stereocenters. The fraction of sp³-hybridized carbons (Fsp3) is 0.750. The zero-order valence-corrected chi connectivity index (χ0v) is 11.6. The van der Waals surface area contributed by atoms with Gasteiger partial charge in [-0.05, 0) is 34.1 Å². The molecular weight excluding hydrogens is 236 g/mol. The summed E-state index contributed by atoms with van der Waals surface area (Å²) < 4.78 is 6.01. The van der Waals surface area contributed by atoms with Crippen molar-refractivity contribution in [3.8, 4) is 0 Å². The fourth-order valence-electron chi connectivity index (χ4n) is 2.51. The van der Waals surface area contributed by atoms with E-state index >= 15 is 0 Å². The van der Waals surface area contributed by atoms with Crippen molar-refractivity contribution in [1.82, 2.24) is 10.3 Å². The van der Waals surface area contributed by atoms with Crippen LogP contribution in [0.3, 0.4) is 0 Å². The Labute approximate surface area is 105 Å². The number of thiazole rings is 1. The maximum atomic E-state index is 11.0. The minimum absolute atomic E-state index is 0.00376. The molecule has 0 amide bonds. The first-order valence-electron chi connectivity index (χ1n) is 5.89. The summed E-state index contributed by atoms with van der Waals surface area (Å²) in [5.74, 6) is 0. The van der Waals surface area contributed by atoms with Gasteiger partial charge in [-0.2, -0.15) is 0 Å². The summed E-state index contributed by atoms with van der Waals surface area (Å²) in [6.45, 7) is 9.13. The van der Waals surface area contributed by atoms with Crippen LogP contribution < -0.4 is 10.2 Å². The number of hydrogen-bond donors (Lipinski definition) is 2. The van der Waals surface area contributed by atoms with E-state index in [9.17, 15) is 4.79 Å². The largest absolute Gasteiger partial charge is 0.368 e. The molecule has 1 aliphatic rings. The third kappa shape index (κ3) is 2.97. The van der Waals surface area contributed by atoms with Crippen LogP contribution in [0, 0.1) is 0 Å². The van der Waals surface area contributed by atoms with Crippen molar-refractivity contribution >= 4 is 11.3 Å². The van der Waals surface area contributed by atoms with Gasteiger partial charge in [0.15, 0.2) is 0 Å². The van der Waals surface area contributed by atoms with E-state index in [1.807, 2.05) is 5.38 Å². The molecule has 2 rings (SSSR count). The Hall–Kier alpha value is -0.650. The molecule has 5 heteroatoms. The van der Waals surface area contributed by atoms with Crippen molar-refractivity contribution in [1.29, 1.82) is 0 Å². The Bertz CT molecular complexity index is 447. The van der Waals surface area contributed by atoms with Crippen molar-refractivity contribution in [2.45, 2.75) is 57.9 Å². The number of aromatic nitrogens is 1. The van der Waals surface area contributed by atoms with Gasteiger partial charge in [0, 0.05) is 23.7 Å². The van der Waals surface area contributed by atoms with E-state index < -0.39 is 0 Å². The lowest BCUT2D eigenvalue weighted by Gasteiger charge is -2.27. The van der Waals surface area contributed by atoms with Gasteiger partial charge in [0.05, 0.1) is 11.2 Å². The standard InChI is InChI=1S/C12H20N2O2S/c1-11(2)5-9(12(3,4)16-11)13-6-8-7-17-10(15)14-8/h7,9,13H,5-6H2,1-4H3,(H,14,15). The van der Waals surface area contributed by atoms with Crippen molar-refractivity contribution < 1.29 is 4.74 Å². The summed E-state index contributed by atoms with van der Waals surface area (Å²) in [5, 5.41) is 5.33.